The summed E-state index contributed by atoms with van der Waals surface area (Å²) in [6, 6.07) is 11.6. The highest BCUT2D eigenvalue weighted by atomic mass is 19.1. The molecule has 3 aromatic rings. The minimum atomic E-state index is -0.586. The molecule has 2 heterocycles. The number of benzene rings is 2. The van der Waals surface area contributed by atoms with Gasteiger partial charge in [0, 0.05) is 12.6 Å². The fraction of sp³-hybridized carbons (Fsp3) is 0.158. The van der Waals surface area contributed by atoms with E-state index >= 15 is 0 Å². The molecule has 0 atom stereocenters. The zero-order chi connectivity index (χ0) is 18.3. The highest BCUT2D eigenvalue weighted by molar-refractivity contribution is 6.08. The fourth-order valence-corrected chi connectivity index (χ4v) is 3.08. The van der Waals surface area contributed by atoms with Gasteiger partial charge in [-0.1, -0.05) is 12.1 Å². The standard InChI is InChI=1S/C19H17FN4O2/c1-23-18-12(10-21-23)11-24(17-6-4-3-5-16(17)22-18)19(25)14-9-13(26-2)7-8-15(14)20/h3-10,22H,11H2,1-2H3. The van der Waals surface area contributed by atoms with Gasteiger partial charge in [-0.2, -0.15) is 5.10 Å². The van der Waals surface area contributed by atoms with Gasteiger partial charge < -0.3 is 15.0 Å². The lowest BCUT2D eigenvalue weighted by molar-refractivity contribution is 0.0981. The fourth-order valence-electron chi connectivity index (χ4n) is 3.08. The molecule has 7 heteroatoms. The Morgan fingerprint density at radius 3 is 2.88 bits per heavy atom. The lowest BCUT2D eigenvalue weighted by atomic mass is 10.1. The second-order valence-electron chi connectivity index (χ2n) is 6.02. The van der Waals surface area contributed by atoms with Gasteiger partial charge in [-0.05, 0) is 30.3 Å². The number of ether oxygens (including phenoxy) is 1. The molecule has 0 radical (unpaired) electrons. The van der Waals surface area contributed by atoms with Gasteiger partial charge in [-0.3, -0.25) is 9.48 Å². The van der Waals surface area contributed by atoms with E-state index in [0.717, 1.165) is 17.1 Å². The van der Waals surface area contributed by atoms with Gasteiger partial charge in [0.25, 0.3) is 5.91 Å². The zero-order valence-corrected chi connectivity index (χ0v) is 14.4. The molecule has 0 bridgehead atoms. The second kappa shape index (κ2) is 6.18. The number of rotatable bonds is 2. The number of anilines is 3. The molecule has 26 heavy (non-hydrogen) atoms. The van der Waals surface area contributed by atoms with Crippen LogP contribution in [-0.2, 0) is 13.6 Å². The molecule has 6 nitrogen and oxygen atoms in total. The SMILES string of the molecule is COc1ccc(F)c(C(=O)N2Cc3cnn(C)c3Nc3ccccc32)c1. The first-order valence-electron chi connectivity index (χ1n) is 8.11. The predicted molar refractivity (Wildman–Crippen MR) is 96.4 cm³/mol. The molecule has 0 spiro atoms. The van der Waals surface area contributed by atoms with Gasteiger partial charge in [0.2, 0.25) is 0 Å². The molecule has 1 aliphatic rings. The Morgan fingerprint density at radius 2 is 2.08 bits per heavy atom. The summed E-state index contributed by atoms with van der Waals surface area (Å²) in [4.78, 5) is 14.7. The summed E-state index contributed by atoms with van der Waals surface area (Å²) < 4.78 is 21.2. The molecule has 4 rings (SSSR count). The van der Waals surface area contributed by atoms with Crippen molar-refractivity contribution in [3.8, 4) is 5.75 Å². The Hall–Kier alpha value is -3.35. The van der Waals surface area contributed by atoms with E-state index in [1.807, 2.05) is 31.3 Å². The molecular formula is C19H17FN4O2. The average molecular weight is 352 g/mol. The van der Waals surface area contributed by atoms with Gasteiger partial charge in [-0.25, -0.2) is 4.39 Å². The largest absolute Gasteiger partial charge is 0.497 e. The number of aromatic nitrogens is 2. The highest BCUT2D eigenvalue weighted by Gasteiger charge is 2.28. The van der Waals surface area contributed by atoms with Crippen LogP contribution < -0.4 is 15.0 Å². The number of carbonyl (C=O) groups excluding carboxylic acids is 1. The van der Waals surface area contributed by atoms with Crippen molar-refractivity contribution in [1.82, 2.24) is 9.78 Å². The monoisotopic (exact) mass is 352 g/mol. The molecule has 0 aliphatic carbocycles. The highest BCUT2D eigenvalue weighted by Crippen LogP contribution is 2.36. The minimum absolute atomic E-state index is 0.0357. The van der Waals surface area contributed by atoms with Crippen LogP contribution in [0.4, 0.5) is 21.6 Å². The van der Waals surface area contributed by atoms with Crippen molar-refractivity contribution in [1.29, 1.82) is 0 Å². The van der Waals surface area contributed by atoms with E-state index in [2.05, 4.69) is 10.4 Å². The van der Waals surface area contributed by atoms with Crippen molar-refractivity contribution < 1.29 is 13.9 Å². The Kier molecular flexibility index (Phi) is 3.84. The quantitative estimate of drug-likeness (QED) is 0.767. The zero-order valence-electron chi connectivity index (χ0n) is 14.4. The molecule has 0 unspecified atom stereocenters. The van der Waals surface area contributed by atoms with E-state index in [1.165, 1.54) is 25.3 Å². The summed E-state index contributed by atoms with van der Waals surface area (Å²) in [5.41, 5.74) is 2.24. The number of nitrogens with one attached hydrogen (secondary N) is 1. The van der Waals surface area contributed by atoms with Crippen LogP contribution in [0.15, 0.2) is 48.7 Å². The number of carbonyl (C=O) groups is 1. The van der Waals surface area contributed by atoms with Gasteiger partial charge in [0.05, 0.1) is 36.8 Å². The number of halogens is 1. The third-order valence-corrected chi connectivity index (χ3v) is 4.44. The number of aryl methyl sites for hydroxylation is 1. The molecule has 1 N–H and O–H groups in total. The molecule has 1 aliphatic heterocycles. The van der Waals surface area contributed by atoms with E-state index < -0.39 is 11.7 Å². The van der Waals surface area contributed by atoms with Crippen molar-refractivity contribution in [3.63, 3.8) is 0 Å². The number of methoxy groups -OCH3 is 1. The van der Waals surface area contributed by atoms with Crippen LogP contribution in [0.25, 0.3) is 0 Å². The molecule has 0 fully saturated rings. The maximum atomic E-state index is 14.4. The second-order valence-corrected chi connectivity index (χ2v) is 6.02. The minimum Gasteiger partial charge on any atom is -0.497 e. The Morgan fingerprint density at radius 1 is 1.27 bits per heavy atom. The van der Waals surface area contributed by atoms with E-state index in [-0.39, 0.29) is 12.1 Å². The normalized spacial score (nSPS) is 12.7. The van der Waals surface area contributed by atoms with Crippen LogP contribution in [-0.4, -0.2) is 22.8 Å². The van der Waals surface area contributed by atoms with Crippen molar-refractivity contribution in [2.75, 3.05) is 17.3 Å². The molecule has 132 valence electrons. The number of fused-ring (bicyclic) bond motifs is 2. The number of hydrogen-bond acceptors (Lipinski definition) is 4. The molecule has 1 aromatic heterocycles. The third-order valence-electron chi connectivity index (χ3n) is 4.44. The number of hydrogen-bond donors (Lipinski definition) is 1. The van der Waals surface area contributed by atoms with Gasteiger partial charge in [0.1, 0.15) is 17.4 Å². The van der Waals surface area contributed by atoms with Crippen LogP contribution in [0.1, 0.15) is 15.9 Å². The summed E-state index contributed by atoms with van der Waals surface area (Å²) in [6.07, 6.45) is 1.70. The molecular weight excluding hydrogens is 335 g/mol. The summed E-state index contributed by atoms with van der Waals surface area (Å²) in [7, 11) is 3.31. The van der Waals surface area contributed by atoms with Crippen LogP contribution in [0.3, 0.4) is 0 Å². The predicted octanol–water partition coefficient (Wildman–Crippen LogP) is 3.47. The van der Waals surface area contributed by atoms with Crippen molar-refractivity contribution >= 4 is 23.1 Å². The molecule has 1 amide bonds. The van der Waals surface area contributed by atoms with Crippen LogP contribution in [0.2, 0.25) is 0 Å². The summed E-state index contributed by atoms with van der Waals surface area (Å²) in [5, 5.41) is 7.56. The first-order chi connectivity index (χ1) is 12.6. The molecule has 0 saturated heterocycles. The average Bonchev–Trinajstić information content (AvgIpc) is 2.90. The summed E-state index contributed by atoms with van der Waals surface area (Å²) in [6.45, 7) is 0.280. The summed E-state index contributed by atoms with van der Waals surface area (Å²) in [5.74, 6) is 0.209. The molecule has 2 aromatic carbocycles. The lowest BCUT2D eigenvalue weighted by Gasteiger charge is -2.23. The Bertz CT molecular complexity index is 999. The molecule has 0 saturated carbocycles. The van der Waals surface area contributed by atoms with E-state index in [1.54, 1.807) is 15.8 Å². The first-order valence-corrected chi connectivity index (χ1v) is 8.11. The maximum absolute atomic E-state index is 14.4. The number of para-hydroxylation sites is 2. The summed E-state index contributed by atoms with van der Waals surface area (Å²) >= 11 is 0. The van der Waals surface area contributed by atoms with Gasteiger partial charge in [-0.15, -0.1) is 0 Å². The Balaban J connectivity index is 1.84. The van der Waals surface area contributed by atoms with Gasteiger partial charge >= 0.3 is 0 Å². The van der Waals surface area contributed by atoms with Crippen LogP contribution in [0.5, 0.6) is 5.75 Å². The smallest absolute Gasteiger partial charge is 0.261 e. The third kappa shape index (κ3) is 2.57. The number of amides is 1. The van der Waals surface area contributed by atoms with Gasteiger partial charge in [0.15, 0.2) is 0 Å². The topological polar surface area (TPSA) is 59.4 Å². The van der Waals surface area contributed by atoms with E-state index in [0.29, 0.717) is 11.4 Å². The van der Waals surface area contributed by atoms with E-state index in [9.17, 15) is 9.18 Å². The van der Waals surface area contributed by atoms with Crippen molar-refractivity contribution in [3.05, 3.63) is 65.6 Å². The Labute approximate surface area is 149 Å². The van der Waals surface area contributed by atoms with Crippen LogP contribution in [0, 0.1) is 5.82 Å². The first kappa shape index (κ1) is 16.1. The lowest BCUT2D eigenvalue weighted by Crippen LogP contribution is -2.30. The maximum Gasteiger partial charge on any atom is 0.261 e. The van der Waals surface area contributed by atoms with Crippen LogP contribution >= 0.6 is 0 Å². The number of nitrogens with zero attached hydrogens (tertiary/aromatic N) is 3. The van der Waals surface area contributed by atoms with Crippen molar-refractivity contribution in [2.45, 2.75) is 6.54 Å². The van der Waals surface area contributed by atoms with E-state index in [4.69, 9.17) is 4.74 Å². The van der Waals surface area contributed by atoms with Crippen molar-refractivity contribution in [2.24, 2.45) is 7.05 Å².